The van der Waals surface area contributed by atoms with Crippen molar-refractivity contribution < 1.29 is 9.18 Å². The fourth-order valence-corrected chi connectivity index (χ4v) is 5.13. The first-order valence-electron chi connectivity index (χ1n) is 12.5. The number of halogens is 1. The molecule has 1 aliphatic heterocycles. The Morgan fingerprint density at radius 2 is 1.60 bits per heavy atom. The molecule has 1 heterocycles. The monoisotopic (exact) mass is 470 g/mol. The van der Waals surface area contributed by atoms with E-state index in [-0.39, 0.29) is 17.1 Å². The molecule has 4 heteroatoms. The number of allylic oxidation sites excluding steroid dienone is 1. The van der Waals surface area contributed by atoms with E-state index in [0.29, 0.717) is 25.9 Å². The summed E-state index contributed by atoms with van der Waals surface area (Å²) < 4.78 is 13.1. The van der Waals surface area contributed by atoms with Crippen LogP contribution in [0.5, 0.6) is 0 Å². The highest BCUT2D eigenvalue weighted by Crippen LogP contribution is 2.40. The Hall–Kier alpha value is -3.40. The van der Waals surface area contributed by atoms with Gasteiger partial charge in [-0.15, -0.1) is 0 Å². The van der Waals surface area contributed by atoms with E-state index in [1.807, 2.05) is 11.0 Å². The Labute approximate surface area is 208 Å². The highest BCUT2D eigenvalue weighted by molar-refractivity contribution is 5.76. The summed E-state index contributed by atoms with van der Waals surface area (Å²) >= 11 is 0. The van der Waals surface area contributed by atoms with Crippen molar-refractivity contribution in [3.05, 3.63) is 119 Å². The van der Waals surface area contributed by atoms with Gasteiger partial charge in [0.1, 0.15) is 5.82 Å². The van der Waals surface area contributed by atoms with Gasteiger partial charge in [-0.05, 0) is 67.0 Å². The van der Waals surface area contributed by atoms with E-state index in [4.69, 9.17) is 0 Å². The molecule has 0 bridgehead atoms. The van der Waals surface area contributed by atoms with Crippen LogP contribution in [0.4, 0.5) is 4.39 Å². The molecule has 3 aromatic rings. The zero-order chi connectivity index (χ0) is 24.7. The van der Waals surface area contributed by atoms with E-state index >= 15 is 0 Å². The molecule has 3 nitrogen and oxygen atoms in total. The maximum Gasteiger partial charge on any atom is 0.222 e. The molecule has 0 aliphatic carbocycles. The molecular formula is C31H35FN2O. The third-order valence-electron chi connectivity index (χ3n) is 7.41. The van der Waals surface area contributed by atoms with E-state index in [9.17, 15) is 9.18 Å². The van der Waals surface area contributed by atoms with Crippen molar-refractivity contribution in [3.63, 3.8) is 0 Å². The largest absolute Gasteiger partial charge is 0.388 e. The van der Waals surface area contributed by atoms with Crippen LogP contribution in [-0.2, 0) is 23.1 Å². The molecule has 1 saturated heterocycles. The lowest BCUT2D eigenvalue weighted by molar-refractivity contribution is -0.132. The molecule has 35 heavy (non-hydrogen) atoms. The van der Waals surface area contributed by atoms with Gasteiger partial charge in [-0.2, -0.15) is 0 Å². The number of hydrogen-bond acceptors (Lipinski definition) is 2. The third kappa shape index (κ3) is 6.00. The number of benzene rings is 3. The molecule has 0 spiro atoms. The second-order valence-corrected chi connectivity index (χ2v) is 9.54. The average molecular weight is 471 g/mol. The predicted octanol–water partition coefficient (Wildman–Crippen LogP) is 5.97. The van der Waals surface area contributed by atoms with Gasteiger partial charge in [-0.1, -0.05) is 73.3 Å². The van der Waals surface area contributed by atoms with Gasteiger partial charge in [0.25, 0.3) is 0 Å². The Bertz CT molecular complexity index is 1130. The standard InChI is InChI=1S/C31H35FN2O/c1-24-8-6-7-9-27(24)18-21-33-25(2)31(28-10-4-3-5-11-28)19-22-34(23-20-31)30(35)17-14-26-12-15-29(32)16-13-26/h3-13,15-16,33H,2,14,17-23H2,1H3. The van der Waals surface area contributed by atoms with Gasteiger partial charge < -0.3 is 10.2 Å². The fraction of sp³-hybridized carbons (Fsp3) is 0.323. The second-order valence-electron chi connectivity index (χ2n) is 9.54. The Morgan fingerprint density at radius 3 is 2.29 bits per heavy atom. The minimum atomic E-state index is -0.249. The summed E-state index contributed by atoms with van der Waals surface area (Å²) in [5, 5.41) is 3.63. The second kappa shape index (κ2) is 11.4. The van der Waals surface area contributed by atoms with Gasteiger partial charge in [0.15, 0.2) is 0 Å². The zero-order valence-electron chi connectivity index (χ0n) is 20.6. The molecule has 1 amide bonds. The van der Waals surface area contributed by atoms with Gasteiger partial charge in [-0.3, -0.25) is 4.79 Å². The quantitative estimate of drug-likeness (QED) is 0.418. The SMILES string of the molecule is C=C(NCCc1ccccc1C)C1(c2ccccc2)CCN(C(=O)CCc2ccc(F)cc2)CC1. The maximum absolute atomic E-state index is 13.1. The molecule has 0 saturated carbocycles. The van der Waals surface area contributed by atoms with Crippen LogP contribution in [0, 0.1) is 12.7 Å². The molecule has 0 unspecified atom stereocenters. The van der Waals surface area contributed by atoms with Gasteiger partial charge in [0, 0.05) is 37.2 Å². The molecule has 3 aromatic carbocycles. The summed E-state index contributed by atoms with van der Waals surface area (Å²) in [4.78, 5) is 14.9. The Balaban J connectivity index is 1.38. The highest BCUT2D eigenvalue weighted by Gasteiger charge is 2.39. The molecule has 1 aliphatic rings. The van der Waals surface area contributed by atoms with Crippen LogP contribution >= 0.6 is 0 Å². The third-order valence-corrected chi connectivity index (χ3v) is 7.41. The lowest BCUT2D eigenvalue weighted by atomic mass is 9.70. The number of rotatable bonds is 9. The first kappa shape index (κ1) is 24.7. The van der Waals surface area contributed by atoms with Crippen LogP contribution in [0.2, 0.25) is 0 Å². The summed E-state index contributed by atoms with van der Waals surface area (Å²) in [5.74, 6) is -0.0878. The average Bonchev–Trinajstić information content (AvgIpc) is 2.89. The molecule has 1 N–H and O–H groups in total. The highest BCUT2D eigenvalue weighted by atomic mass is 19.1. The number of carbonyl (C=O) groups is 1. The molecule has 182 valence electrons. The van der Waals surface area contributed by atoms with Crippen LogP contribution < -0.4 is 5.32 Å². The molecule has 0 atom stereocenters. The van der Waals surface area contributed by atoms with E-state index in [0.717, 1.165) is 37.1 Å². The van der Waals surface area contributed by atoms with Crippen molar-refractivity contribution in [1.29, 1.82) is 0 Å². The fourth-order valence-electron chi connectivity index (χ4n) is 5.13. The van der Waals surface area contributed by atoms with Crippen LogP contribution in [0.15, 0.2) is 91.1 Å². The van der Waals surface area contributed by atoms with Gasteiger partial charge in [0.2, 0.25) is 5.91 Å². The first-order chi connectivity index (χ1) is 17.0. The summed E-state index contributed by atoms with van der Waals surface area (Å²) in [5.41, 5.74) is 5.75. The minimum Gasteiger partial charge on any atom is -0.388 e. The Morgan fingerprint density at radius 1 is 0.943 bits per heavy atom. The molecule has 0 aromatic heterocycles. The van der Waals surface area contributed by atoms with E-state index < -0.39 is 0 Å². The van der Waals surface area contributed by atoms with Gasteiger partial charge in [-0.25, -0.2) is 4.39 Å². The summed E-state index contributed by atoms with van der Waals surface area (Å²) in [7, 11) is 0. The van der Waals surface area contributed by atoms with E-state index in [1.54, 1.807) is 12.1 Å². The number of piperidine rings is 1. The number of carbonyl (C=O) groups excluding carboxylic acids is 1. The van der Waals surface area contributed by atoms with Gasteiger partial charge >= 0.3 is 0 Å². The molecule has 4 rings (SSSR count). The minimum absolute atomic E-state index is 0.161. The number of amides is 1. The lowest BCUT2D eigenvalue weighted by Gasteiger charge is -2.44. The maximum atomic E-state index is 13.1. The summed E-state index contributed by atoms with van der Waals surface area (Å²) in [6.45, 7) is 8.88. The van der Waals surface area contributed by atoms with Crippen LogP contribution in [0.25, 0.3) is 0 Å². The van der Waals surface area contributed by atoms with Crippen molar-refractivity contribution in [1.82, 2.24) is 10.2 Å². The number of aryl methyl sites for hydroxylation is 2. The summed E-state index contributed by atoms with van der Waals surface area (Å²) in [6.07, 6.45) is 3.71. The van der Waals surface area contributed by atoms with Crippen molar-refractivity contribution in [2.75, 3.05) is 19.6 Å². The zero-order valence-corrected chi connectivity index (χ0v) is 20.6. The molecule has 0 radical (unpaired) electrons. The van der Waals surface area contributed by atoms with Crippen molar-refractivity contribution in [2.24, 2.45) is 0 Å². The van der Waals surface area contributed by atoms with Crippen molar-refractivity contribution in [3.8, 4) is 0 Å². The number of nitrogens with one attached hydrogen (secondary N) is 1. The number of hydrogen-bond donors (Lipinski definition) is 1. The first-order valence-corrected chi connectivity index (χ1v) is 12.5. The predicted molar refractivity (Wildman–Crippen MR) is 141 cm³/mol. The normalized spacial score (nSPS) is 15.0. The van der Waals surface area contributed by atoms with E-state index in [1.165, 1.54) is 28.8 Å². The van der Waals surface area contributed by atoms with Gasteiger partial charge in [0.05, 0.1) is 0 Å². The lowest BCUT2D eigenvalue weighted by Crippen LogP contribution is -2.48. The van der Waals surface area contributed by atoms with E-state index in [2.05, 4.69) is 67.4 Å². The van der Waals surface area contributed by atoms with Crippen LogP contribution in [-0.4, -0.2) is 30.4 Å². The van der Waals surface area contributed by atoms with Crippen LogP contribution in [0.1, 0.15) is 41.5 Å². The van der Waals surface area contributed by atoms with Crippen molar-refractivity contribution in [2.45, 2.75) is 44.4 Å². The smallest absolute Gasteiger partial charge is 0.222 e. The summed E-state index contributed by atoms with van der Waals surface area (Å²) in [6, 6.07) is 25.5. The molecule has 1 fully saturated rings. The number of likely N-dealkylation sites (tertiary alicyclic amines) is 1. The van der Waals surface area contributed by atoms with Crippen LogP contribution in [0.3, 0.4) is 0 Å². The van der Waals surface area contributed by atoms with Crippen molar-refractivity contribution >= 4 is 5.91 Å². The number of nitrogens with zero attached hydrogens (tertiary/aromatic N) is 1. The molecular weight excluding hydrogens is 435 g/mol. The topological polar surface area (TPSA) is 32.3 Å². The Kier molecular flexibility index (Phi) is 8.02.